The second-order valence-corrected chi connectivity index (χ2v) is 7.51. The number of aryl methyl sites for hydroxylation is 2. The first kappa shape index (κ1) is 16.5. The number of rotatable bonds is 4. The van der Waals surface area contributed by atoms with E-state index in [0.29, 0.717) is 12.3 Å². The van der Waals surface area contributed by atoms with Gasteiger partial charge in [0, 0.05) is 0 Å². The topological polar surface area (TPSA) is 51.0 Å². The van der Waals surface area contributed by atoms with Crippen molar-refractivity contribution in [3.05, 3.63) is 34.9 Å². The minimum absolute atomic E-state index is 0.254. The van der Waals surface area contributed by atoms with Crippen LogP contribution in [0.15, 0.2) is 23.4 Å². The van der Waals surface area contributed by atoms with E-state index >= 15 is 0 Å². The van der Waals surface area contributed by atoms with E-state index in [-0.39, 0.29) is 12.0 Å². The zero-order valence-corrected chi connectivity index (χ0v) is 14.7. The van der Waals surface area contributed by atoms with Crippen molar-refractivity contribution in [2.24, 2.45) is 11.1 Å². The average molecular weight is 317 g/mol. The molecule has 2 aliphatic heterocycles. The fourth-order valence-electron chi connectivity index (χ4n) is 4.17. The Kier molecular flexibility index (Phi) is 4.01. The van der Waals surface area contributed by atoms with Crippen molar-refractivity contribution in [1.82, 2.24) is 0 Å². The molecule has 0 aliphatic carbocycles. The molecule has 3 rings (SSSR count). The molecule has 1 aromatic carbocycles. The van der Waals surface area contributed by atoms with Gasteiger partial charge in [0.25, 0.3) is 0 Å². The highest BCUT2D eigenvalue weighted by Crippen LogP contribution is 2.53. The normalized spacial score (nSPS) is 34.7. The van der Waals surface area contributed by atoms with E-state index in [2.05, 4.69) is 58.0 Å². The van der Waals surface area contributed by atoms with E-state index < -0.39 is 11.2 Å². The summed E-state index contributed by atoms with van der Waals surface area (Å²) in [6.45, 7) is 11.0. The smallest absolute Gasteiger partial charge is 0.131 e. The van der Waals surface area contributed by atoms with Crippen molar-refractivity contribution in [2.45, 2.75) is 71.4 Å². The van der Waals surface area contributed by atoms with Crippen LogP contribution in [0.2, 0.25) is 0 Å². The Hall–Kier alpha value is -1.39. The lowest BCUT2D eigenvalue weighted by molar-refractivity contribution is -0.0960. The summed E-state index contributed by atoms with van der Waals surface area (Å²) in [4.78, 5) is 0. The Morgan fingerprint density at radius 3 is 2.52 bits per heavy atom. The first-order valence-electron chi connectivity index (χ1n) is 8.43. The zero-order valence-electron chi connectivity index (χ0n) is 14.7. The van der Waals surface area contributed by atoms with Crippen molar-refractivity contribution in [3.63, 3.8) is 0 Å². The predicted octanol–water partition coefficient (Wildman–Crippen LogP) is 4.00. The third-order valence-electron chi connectivity index (χ3n) is 5.72. The molecular weight excluding hydrogens is 290 g/mol. The van der Waals surface area contributed by atoms with Crippen LogP contribution in [-0.2, 0) is 16.1 Å². The quantitative estimate of drug-likeness (QED) is 0.674. The van der Waals surface area contributed by atoms with Crippen molar-refractivity contribution < 1.29 is 14.7 Å². The van der Waals surface area contributed by atoms with E-state index in [1.807, 2.05) is 0 Å². The van der Waals surface area contributed by atoms with Crippen LogP contribution in [0, 0.1) is 19.8 Å². The van der Waals surface area contributed by atoms with Crippen LogP contribution in [0.4, 0.5) is 0 Å². The molecule has 3 atom stereocenters. The Balaban J connectivity index is 1.86. The molecule has 2 aliphatic rings. The van der Waals surface area contributed by atoms with Gasteiger partial charge in [0.15, 0.2) is 0 Å². The highest BCUT2D eigenvalue weighted by molar-refractivity contribution is 6.00. The minimum Gasteiger partial charge on any atom is -0.411 e. The van der Waals surface area contributed by atoms with Crippen LogP contribution in [0.5, 0.6) is 0 Å². The van der Waals surface area contributed by atoms with Crippen LogP contribution >= 0.6 is 0 Å². The summed E-state index contributed by atoms with van der Waals surface area (Å²) >= 11 is 0. The van der Waals surface area contributed by atoms with Gasteiger partial charge in [-0.3, -0.25) is 0 Å². The van der Waals surface area contributed by atoms with Crippen molar-refractivity contribution in [3.8, 4) is 0 Å². The lowest BCUT2D eigenvalue weighted by Crippen LogP contribution is -2.48. The molecule has 0 unspecified atom stereocenters. The molecule has 23 heavy (non-hydrogen) atoms. The summed E-state index contributed by atoms with van der Waals surface area (Å²) in [7, 11) is 0. The fourth-order valence-corrected chi connectivity index (χ4v) is 4.17. The largest absolute Gasteiger partial charge is 0.411 e. The van der Waals surface area contributed by atoms with Gasteiger partial charge in [0.1, 0.15) is 17.4 Å². The number of hydrogen-bond donors (Lipinski definition) is 1. The summed E-state index contributed by atoms with van der Waals surface area (Å²) in [5, 5.41) is 13.2. The number of oxime groups is 1. The highest BCUT2D eigenvalue weighted by Gasteiger charge is 2.65. The second-order valence-electron chi connectivity index (χ2n) is 7.51. The Labute approximate surface area is 138 Å². The molecule has 126 valence electrons. The molecular formula is C19H27NO3. The van der Waals surface area contributed by atoms with Crippen LogP contribution < -0.4 is 0 Å². The molecule has 0 radical (unpaired) electrons. The van der Waals surface area contributed by atoms with E-state index in [4.69, 9.17) is 9.47 Å². The summed E-state index contributed by atoms with van der Waals surface area (Å²) in [5.41, 5.74) is 3.43. The summed E-state index contributed by atoms with van der Waals surface area (Å²) < 4.78 is 12.6. The average Bonchev–Trinajstić information content (AvgIpc) is 2.97. The van der Waals surface area contributed by atoms with E-state index in [1.165, 1.54) is 16.7 Å². The molecule has 4 nitrogen and oxygen atoms in total. The first-order valence-corrected chi connectivity index (χ1v) is 8.43. The SMILES string of the molecule is Cc1cccc(C)c1CO[C@@H]1C(=NO)[C@@]2(C(C)C)CC[C@]1(C)O2. The Morgan fingerprint density at radius 2 is 1.96 bits per heavy atom. The van der Waals surface area contributed by atoms with Crippen molar-refractivity contribution >= 4 is 5.71 Å². The van der Waals surface area contributed by atoms with Gasteiger partial charge in [-0.2, -0.15) is 0 Å². The lowest BCUT2D eigenvalue weighted by atomic mass is 9.74. The molecule has 0 spiro atoms. The van der Waals surface area contributed by atoms with Gasteiger partial charge >= 0.3 is 0 Å². The summed E-state index contributed by atoms with van der Waals surface area (Å²) in [5.74, 6) is 0.254. The first-order chi connectivity index (χ1) is 10.8. The molecule has 4 heteroatoms. The molecule has 1 aromatic rings. The van der Waals surface area contributed by atoms with Gasteiger partial charge in [-0.25, -0.2) is 0 Å². The minimum atomic E-state index is -0.477. The number of nitrogens with zero attached hydrogens (tertiary/aromatic N) is 1. The van der Waals surface area contributed by atoms with Crippen molar-refractivity contribution in [1.29, 1.82) is 0 Å². The summed E-state index contributed by atoms with van der Waals surface area (Å²) in [6.07, 6.45) is 1.54. The maximum atomic E-state index is 9.62. The van der Waals surface area contributed by atoms with Crippen LogP contribution in [0.25, 0.3) is 0 Å². The second kappa shape index (κ2) is 5.60. The fraction of sp³-hybridized carbons (Fsp3) is 0.632. The molecule has 0 aromatic heterocycles. The monoisotopic (exact) mass is 317 g/mol. The molecule has 2 saturated heterocycles. The third-order valence-corrected chi connectivity index (χ3v) is 5.72. The van der Waals surface area contributed by atoms with Gasteiger partial charge in [-0.05, 0) is 56.2 Å². The van der Waals surface area contributed by atoms with Gasteiger partial charge in [-0.1, -0.05) is 37.2 Å². The van der Waals surface area contributed by atoms with Crippen molar-refractivity contribution in [2.75, 3.05) is 0 Å². The van der Waals surface area contributed by atoms with Gasteiger partial charge in [0.2, 0.25) is 0 Å². The van der Waals surface area contributed by atoms with E-state index in [1.54, 1.807) is 0 Å². The van der Waals surface area contributed by atoms with Crippen LogP contribution in [0.1, 0.15) is 50.3 Å². The molecule has 1 N–H and O–H groups in total. The maximum Gasteiger partial charge on any atom is 0.131 e. The third kappa shape index (κ3) is 2.39. The van der Waals surface area contributed by atoms with E-state index in [0.717, 1.165) is 12.8 Å². The number of fused-ring (bicyclic) bond motifs is 2. The van der Waals surface area contributed by atoms with Gasteiger partial charge in [-0.15, -0.1) is 0 Å². The molecule has 2 heterocycles. The molecule has 0 amide bonds. The van der Waals surface area contributed by atoms with Crippen LogP contribution in [-0.4, -0.2) is 28.2 Å². The standard InChI is InChI=1S/C19H27NO3/c1-12(2)19-10-9-18(5,23-19)17(16(19)20-21)22-11-15-13(3)7-6-8-14(15)4/h6-8,12,17,21H,9-11H2,1-5H3/t17-,18+,19+/m1/s1. The molecule has 0 saturated carbocycles. The Morgan fingerprint density at radius 1 is 1.30 bits per heavy atom. The number of ether oxygens (including phenoxy) is 2. The van der Waals surface area contributed by atoms with Gasteiger partial charge < -0.3 is 14.7 Å². The molecule has 2 fully saturated rings. The maximum absolute atomic E-state index is 9.62. The zero-order chi connectivity index (χ0) is 16.8. The van der Waals surface area contributed by atoms with E-state index in [9.17, 15) is 5.21 Å². The summed E-state index contributed by atoms with van der Waals surface area (Å²) in [6, 6.07) is 6.26. The van der Waals surface area contributed by atoms with Gasteiger partial charge in [0.05, 0.1) is 12.2 Å². The Bertz CT molecular complexity index is 619. The lowest BCUT2D eigenvalue weighted by Gasteiger charge is -2.32. The number of hydrogen-bond acceptors (Lipinski definition) is 4. The van der Waals surface area contributed by atoms with Crippen LogP contribution in [0.3, 0.4) is 0 Å². The predicted molar refractivity (Wildman–Crippen MR) is 90.0 cm³/mol. The molecule has 2 bridgehead atoms. The highest BCUT2D eigenvalue weighted by atomic mass is 16.6. The number of benzene rings is 1.